The summed E-state index contributed by atoms with van der Waals surface area (Å²) in [6, 6.07) is 21.0. The van der Waals surface area contributed by atoms with E-state index in [0.29, 0.717) is 22.6 Å². The molecule has 2 heterocycles. The number of H-pyrrole nitrogens is 1. The van der Waals surface area contributed by atoms with E-state index in [2.05, 4.69) is 10.3 Å². The number of amides is 3. The summed E-state index contributed by atoms with van der Waals surface area (Å²) < 4.78 is 0. The van der Waals surface area contributed by atoms with Crippen LogP contribution in [-0.4, -0.2) is 28.7 Å². The van der Waals surface area contributed by atoms with Crippen LogP contribution in [-0.2, 0) is 9.59 Å². The van der Waals surface area contributed by atoms with E-state index in [1.54, 1.807) is 38.1 Å². The third-order valence-electron chi connectivity index (χ3n) is 6.32. The number of carbonyl (C=O) groups is 3. The van der Waals surface area contributed by atoms with E-state index < -0.39 is 23.8 Å². The lowest BCUT2D eigenvalue weighted by Crippen LogP contribution is -2.50. The molecular weight excluding hydrogens is 428 g/mol. The molecule has 7 nitrogen and oxygen atoms in total. The van der Waals surface area contributed by atoms with Gasteiger partial charge in [-0.05, 0) is 49.2 Å². The van der Waals surface area contributed by atoms with E-state index in [4.69, 9.17) is 5.73 Å². The normalized spacial score (nSPS) is 15.9. The number of nitrogen functional groups attached to an aromatic ring is 1. The summed E-state index contributed by atoms with van der Waals surface area (Å²) >= 11 is 0. The van der Waals surface area contributed by atoms with Gasteiger partial charge in [0.15, 0.2) is 0 Å². The first kappa shape index (κ1) is 21.5. The standard InChI is InChI=1S/C27H24N4O3/c1-15-18-9-4-5-10-19(18)24-20(28)11-7-13-23(24)31(26(15)33)27(34)16(2)29-25(32)22-14-17-8-3-6-12-21(17)30-22/h3-16,30H,28H2,1-2H3,(H,29,32)/t15?,16-/m0/s1. The Morgan fingerprint density at radius 1 is 1.03 bits per heavy atom. The number of rotatable bonds is 3. The SMILES string of the molecule is CC1C(=O)N(C(=O)[C@H](C)NC(=O)c2cc3ccccc3[nH]2)c2cccc(N)c2-c2ccccc21. The molecule has 3 amide bonds. The summed E-state index contributed by atoms with van der Waals surface area (Å²) in [5, 5.41) is 3.63. The quantitative estimate of drug-likeness (QED) is 0.405. The van der Waals surface area contributed by atoms with Crippen molar-refractivity contribution < 1.29 is 14.4 Å². The molecule has 0 bridgehead atoms. The molecule has 3 aromatic carbocycles. The molecule has 0 fully saturated rings. The molecule has 4 N–H and O–H groups in total. The molecule has 0 spiro atoms. The zero-order chi connectivity index (χ0) is 24.0. The average Bonchev–Trinajstić information content (AvgIpc) is 3.25. The first-order valence-corrected chi connectivity index (χ1v) is 11.1. The van der Waals surface area contributed by atoms with Crippen molar-refractivity contribution in [2.45, 2.75) is 25.8 Å². The Kier molecular flexibility index (Phi) is 5.17. The Morgan fingerprint density at radius 3 is 2.56 bits per heavy atom. The van der Waals surface area contributed by atoms with E-state index in [1.165, 1.54) is 0 Å². The van der Waals surface area contributed by atoms with Gasteiger partial charge < -0.3 is 16.0 Å². The summed E-state index contributed by atoms with van der Waals surface area (Å²) in [7, 11) is 0. The topological polar surface area (TPSA) is 108 Å². The van der Waals surface area contributed by atoms with Crippen LogP contribution in [0.1, 0.15) is 35.8 Å². The van der Waals surface area contributed by atoms with Crippen LogP contribution in [0.2, 0.25) is 0 Å². The van der Waals surface area contributed by atoms with Gasteiger partial charge in [-0.2, -0.15) is 0 Å². The van der Waals surface area contributed by atoms with Gasteiger partial charge >= 0.3 is 0 Å². The fourth-order valence-electron chi connectivity index (χ4n) is 4.54. The van der Waals surface area contributed by atoms with Gasteiger partial charge in [0, 0.05) is 22.2 Å². The zero-order valence-corrected chi connectivity index (χ0v) is 18.8. The predicted octanol–water partition coefficient (Wildman–Crippen LogP) is 4.21. The van der Waals surface area contributed by atoms with Crippen LogP contribution in [0.5, 0.6) is 0 Å². The van der Waals surface area contributed by atoms with Crippen LogP contribution in [0.25, 0.3) is 22.0 Å². The van der Waals surface area contributed by atoms with Gasteiger partial charge in [-0.3, -0.25) is 14.4 Å². The van der Waals surface area contributed by atoms with Crippen LogP contribution < -0.4 is 16.0 Å². The van der Waals surface area contributed by atoms with Crippen molar-refractivity contribution in [3.05, 3.63) is 84.1 Å². The number of nitrogens with two attached hydrogens (primary N) is 1. The van der Waals surface area contributed by atoms with Crippen LogP contribution in [0, 0.1) is 0 Å². The second-order valence-electron chi connectivity index (χ2n) is 8.53. The summed E-state index contributed by atoms with van der Waals surface area (Å²) in [4.78, 5) is 44.3. The number of imide groups is 1. The maximum absolute atomic E-state index is 13.6. The molecule has 0 radical (unpaired) electrons. The number of aromatic amines is 1. The van der Waals surface area contributed by atoms with Crippen molar-refractivity contribution >= 4 is 40.0 Å². The third kappa shape index (κ3) is 3.42. The Labute approximate surface area is 196 Å². The number of para-hydroxylation sites is 1. The number of anilines is 2. The molecule has 1 aliphatic rings. The smallest absolute Gasteiger partial charge is 0.268 e. The second-order valence-corrected chi connectivity index (χ2v) is 8.53. The van der Waals surface area contributed by atoms with Gasteiger partial charge in [-0.25, -0.2) is 4.90 Å². The highest BCUT2D eigenvalue weighted by Crippen LogP contribution is 2.44. The maximum Gasteiger partial charge on any atom is 0.268 e. The van der Waals surface area contributed by atoms with Gasteiger partial charge in [-0.15, -0.1) is 0 Å². The van der Waals surface area contributed by atoms with Gasteiger partial charge in [0.05, 0.1) is 11.6 Å². The number of carbonyl (C=O) groups excluding carboxylic acids is 3. The van der Waals surface area contributed by atoms with Crippen molar-refractivity contribution in [2.24, 2.45) is 0 Å². The zero-order valence-electron chi connectivity index (χ0n) is 18.8. The van der Waals surface area contributed by atoms with Gasteiger partial charge in [0.25, 0.3) is 11.8 Å². The lowest BCUT2D eigenvalue weighted by Gasteiger charge is -2.26. The van der Waals surface area contributed by atoms with Crippen LogP contribution >= 0.6 is 0 Å². The molecule has 4 aromatic rings. The van der Waals surface area contributed by atoms with E-state index in [-0.39, 0.29) is 5.91 Å². The molecule has 5 rings (SSSR count). The van der Waals surface area contributed by atoms with E-state index in [9.17, 15) is 14.4 Å². The Balaban J connectivity index is 1.50. The fraction of sp³-hybridized carbons (Fsp3) is 0.148. The van der Waals surface area contributed by atoms with Crippen molar-refractivity contribution in [2.75, 3.05) is 10.6 Å². The molecule has 34 heavy (non-hydrogen) atoms. The number of aromatic nitrogens is 1. The largest absolute Gasteiger partial charge is 0.398 e. The maximum atomic E-state index is 13.6. The highest BCUT2D eigenvalue weighted by molar-refractivity contribution is 6.22. The van der Waals surface area contributed by atoms with Crippen molar-refractivity contribution in [1.82, 2.24) is 10.3 Å². The first-order chi connectivity index (χ1) is 16.4. The van der Waals surface area contributed by atoms with Gasteiger partial charge in [0.2, 0.25) is 5.91 Å². The summed E-state index contributed by atoms with van der Waals surface area (Å²) in [6.45, 7) is 3.35. The van der Waals surface area contributed by atoms with Gasteiger partial charge in [-0.1, -0.05) is 48.5 Å². The number of nitrogens with one attached hydrogen (secondary N) is 2. The minimum atomic E-state index is -0.953. The van der Waals surface area contributed by atoms with Crippen molar-refractivity contribution in [3.63, 3.8) is 0 Å². The van der Waals surface area contributed by atoms with E-state index >= 15 is 0 Å². The molecular formula is C27H24N4O3. The minimum absolute atomic E-state index is 0.341. The van der Waals surface area contributed by atoms with Crippen molar-refractivity contribution in [3.8, 4) is 11.1 Å². The molecule has 1 unspecified atom stereocenters. The Hall–Kier alpha value is -4.39. The van der Waals surface area contributed by atoms with Crippen LogP contribution in [0.3, 0.4) is 0 Å². The predicted molar refractivity (Wildman–Crippen MR) is 132 cm³/mol. The van der Waals surface area contributed by atoms with Gasteiger partial charge in [0.1, 0.15) is 11.7 Å². The fourth-order valence-corrected chi connectivity index (χ4v) is 4.54. The molecule has 0 saturated carbocycles. The molecule has 170 valence electrons. The molecule has 7 heteroatoms. The summed E-state index contributed by atoms with van der Waals surface area (Å²) in [5.74, 6) is -1.89. The highest BCUT2D eigenvalue weighted by Gasteiger charge is 2.37. The first-order valence-electron chi connectivity index (χ1n) is 11.1. The average molecular weight is 453 g/mol. The summed E-state index contributed by atoms with van der Waals surface area (Å²) in [5.41, 5.74) is 10.6. The van der Waals surface area contributed by atoms with E-state index in [0.717, 1.165) is 26.9 Å². The summed E-state index contributed by atoms with van der Waals surface area (Å²) in [6.07, 6.45) is 0. The monoisotopic (exact) mass is 452 g/mol. The van der Waals surface area contributed by atoms with Crippen LogP contribution in [0.4, 0.5) is 11.4 Å². The van der Waals surface area contributed by atoms with Crippen LogP contribution in [0.15, 0.2) is 72.8 Å². The molecule has 1 aromatic heterocycles. The molecule has 0 saturated heterocycles. The second kappa shape index (κ2) is 8.19. The Morgan fingerprint density at radius 2 is 1.76 bits per heavy atom. The van der Waals surface area contributed by atoms with Crippen molar-refractivity contribution in [1.29, 1.82) is 0 Å². The number of nitrogens with zero attached hydrogens (tertiary/aromatic N) is 1. The van der Waals surface area contributed by atoms with E-state index in [1.807, 2.05) is 48.5 Å². The third-order valence-corrected chi connectivity index (χ3v) is 6.32. The minimum Gasteiger partial charge on any atom is -0.398 e. The number of fused-ring (bicyclic) bond motifs is 4. The molecule has 2 atom stereocenters. The lowest BCUT2D eigenvalue weighted by molar-refractivity contribution is -0.128. The Bertz CT molecular complexity index is 1420. The molecule has 1 aliphatic heterocycles. The number of hydrogen-bond donors (Lipinski definition) is 3. The lowest BCUT2D eigenvalue weighted by atomic mass is 9.92. The number of hydrogen-bond acceptors (Lipinski definition) is 4. The highest BCUT2D eigenvalue weighted by atomic mass is 16.2. The molecule has 0 aliphatic carbocycles. The number of benzene rings is 3.